The molecule has 2 heterocycles. The van der Waals surface area contributed by atoms with Gasteiger partial charge in [-0.25, -0.2) is 0 Å². The van der Waals surface area contributed by atoms with Gasteiger partial charge in [-0.15, -0.1) is 0 Å². The van der Waals surface area contributed by atoms with Crippen molar-refractivity contribution in [1.82, 2.24) is 9.80 Å². The highest BCUT2D eigenvalue weighted by atomic mass is 16.2. The van der Waals surface area contributed by atoms with Crippen molar-refractivity contribution >= 4 is 11.8 Å². The van der Waals surface area contributed by atoms with E-state index in [9.17, 15) is 9.59 Å². The van der Waals surface area contributed by atoms with Crippen LogP contribution in [0, 0.1) is 0 Å². The summed E-state index contributed by atoms with van der Waals surface area (Å²) in [5.74, 6) is -0.575. The lowest BCUT2D eigenvalue weighted by molar-refractivity contribution is -0.150. The average Bonchev–Trinajstić information content (AvgIpc) is 2.87. The predicted molar refractivity (Wildman–Crippen MR) is 51.6 cm³/mol. The van der Waals surface area contributed by atoms with Crippen LogP contribution in [0.3, 0.4) is 0 Å². The molecule has 0 N–H and O–H groups in total. The van der Waals surface area contributed by atoms with Crippen LogP contribution in [0.1, 0.15) is 25.7 Å². The molecule has 0 aliphatic carbocycles. The van der Waals surface area contributed by atoms with E-state index in [0.29, 0.717) is 0 Å². The Kier molecular flexibility index (Phi) is 2.70. The quantitative estimate of drug-likeness (QED) is 0.520. The van der Waals surface area contributed by atoms with Gasteiger partial charge in [-0.3, -0.25) is 9.59 Å². The van der Waals surface area contributed by atoms with Crippen LogP contribution in [0.2, 0.25) is 0 Å². The fourth-order valence-corrected chi connectivity index (χ4v) is 2.11. The van der Waals surface area contributed by atoms with E-state index in [1.54, 1.807) is 9.80 Å². The second kappa shape index (κ2) is 3.98. The van der Waals surface area contributed by atoms with E-state index in [-0.39, 0.29) is 11.8 Å². The molecule has 2 fully saturated rings. The lowest BCUT2D eigenvalue weighted by atomic mass is 10.4. The summed E-state index contributed by atoms with van der Waals surface area (Å²) in [5, 5.41) is 0. The normalized spacial score (nSPS) is 21.7. The highest BCUT2D eigenvalue weighted by molar-refractivity contribution is 6.35. The Morgan fingerprint density at radius 3 is 1.21 bits per heavy atom. The Hall–Kier alpha value is -1.06. The summed E-state index contributed by atoms with van der Waals surface area (Å²) in [6.45, 7) is 3.05. The third-order valence-corrected chi connectivity index (χ3v) is 2.97. The molecule has 0 saturated carbocycles. The van der Waals surface area contributed by atoms with Crippen LogP contribution in [-0.2, 0) is 9.59 Å². The zero-order valence-corrected chi connectivity index (χ0v) is 8.37. The first-order chi connectivity index (χ1) is 6.79. The molecule has 14 heavy (non-hydrogen) atoms. The minimum absolute atomic E-state index is 0.288. The van der Waals surface area contributed by atoms with Gasteiger partial charge in [0.25, 0.3) is 0 Å². The standard InChI is InChI=1S/C10H16N2O2/c13-9(11-5-1-2-6-11)10(14)12-7-3-4-8-12/h1-8H2. The smallest absolute Gasteiger partial charge is 0.312 e. The molecule has 0 unspecified atom stereocenters. The maximum Gasteiger partial charge on any atom is 0.312 e. The van der Waals surface area contributed by atoms with Crippen molar-refractivity contribution in [2.75, 3.05) is 26.2 Å². The summed E-state index contributed by atoms with van der Waals surface area (Å²) in [6.07, 6.45) is 4.16. The topological polar surface area (TPSA) is 40.6 Å². The minimum Gasteiger partial charge on any atom is -0.334 e. The third-order valence-electron chi connectivity index (χ3n) is 2.97. The number of hydrogen-bond donors (Lipinski definition) is 0. The van der Waals surface area contributed by atoms with Gasteiger partial charge in [0, 0.05) is 26.2 Å². The largest absolute Gasteiger partial charge is 0.334 e. The zero-order valence-electron chi connectivity index (χ0n) is 8.37. The van der Waals surface area contributed by atoms with Gasteiger partial charge in [0.2, 0.25) is 0 Å². The van der Waals surface area contributed by atoms with Gasteiger partial charge in [-0.2, -0.15) is 0 Å². The molecule has 2 rings (SSSR count). The van der Waals surface area contributed by atoms with Crippen LogP contribution in [-0.4, -0.2) is 47.8 Å². The lowest BCUT2D eigenvalue weighted by Gasteiger charge is -2.19. The Balaban J connectivity index is 1.92. The molecule has 0 aromatic carbocycles. The van der Waals surface area contributed by atoms with E-state index in [0.717, 1.165) is 51.9 Å². The molecule has 0 aromatic heterocycles. The molecule has 0 atom stereocenters. The number of amides is 2. The highest BCUT2D eigenvalue weighted by Gasteiger charge is 2.29. The van der Waals surface area contributed by atoms with Crippen molar-refractivity contribution in [2.45, 2.75) is 25.7 Å². The molecule has 2 saturated heterocycles. The summed E-state index contributed by atoms with van der Waals surface area (Å²) >= 11 is 0. The number of rotatable bonds is 0. The summed E-state index contributed by atoms with van der Waals surface area (Å²) < 4.78 is 0. The molecule has 0 spiro atoms. The molecule has 2 amide bonds. The second-order valence-electron chi connectivity index (χ2n) is 4.00. The van der Waals surface area contributed by atoms with Crippen LogP contribution in [0.5, 0.6) is 0 Å². The molecule has 0 aromatic rings. The molecule has 2 aliphatic heterocycles. The fraction of sp³-hybridized carbons (Fsp3) is 0.800. The Morgan fingerprint density at radius 2 is 0.929 bits per heavy atom. The Labute approximate surface area is 83.9 Å². The molecule has 0 radical (unpaired) electrons. The number of hydrogen-bond acceptors (Lipinski definition) is 2. The average molecular weight is 196 g/mol. The number of nitrogens with zero attached hydrogens (tertiary/aromatic N) is 2. The molecule has 4 heteroatoms. The maximum atomic E-state index is 11.7. The van der Waals surface area contributed by atoms with Crippen LogP contribution in [0.25, 0.3) is 0 Å². The SMILES string of the molecule is O=C(C(=O)N1CCCC1)N1CCCC1. The van der Waals surface area contributed by atoms with Gasteiger partial charge in [0.1, 0.15) is 0 Å². The number of likely N-dealkylation sites (tertiary alicyclic amines) is 2. The first kappa shape index (κ1) is 9.49. The van der Waals surface area contributed by atoms with Gasteiger partial charge in [0.05, 0.1) is 0 Å². The van der Waals surface area contributed by atoms with E-state index in [1.807, 2.05) is 0 Å². The zero-order chi connectivity index (χ0) is 9.97. The van der Waals surface area contributed by atoms with E-state index in [1.165, 1.54) is 0 Å². The summed E-state index contributed by atoms with van der Waals surface area (Å²) in [6, 6.07) is 0. The highest BCUT2D eigenvalue weighted by Crippen LogP contribution is 2.12. The second-order valence-corrected chi connectivity index (χ2v) is 4.00. The van der Waals surface area contributed by atoms with Crippen molar-refractivity contribution in [2.24, 2.45) is 0 Å². The molecule has 4 nitrogen and oxygen atoms in total. The lowest BCUT2D eigenvalue weighted by Crippen LogP contribution is -2.42. The van der Waals surface area contributed by atoms with Gasteiger partial charge in [0.15, 0.2) is 0 Å². The monoisotopic (exact) mass is 196 g/mol. The summed E-state index contributed by atoms with van der Waals surface area (Å²) in [5.41, 5.74) is 0. The Bertz CT molecular complexity index is 215. The Morgan fingerprint density at radius 1 is 0.643 bits per heavy atom. The van der Waals surface area contributed by atoms with Crippen molar-refractivity contribution in [3.05, 3.63) is 0 Å². The molecular formula is C10H16N2O2. The molecule has 2 aliphatic rings. The van der Waals surface area contributed by atoms with Crippen molar-refractivity contribution in [1.29, 1.82) is 0 Å². The molecule has 0 bridgehead atoms. The van der Waals surface area contributed by atoms with Crippen molar-refractivity contribution < 1.29 is 9.59 Å². The first-order valence-electron chi connectivity index (χ1n) is 5.37. The molecule has 78 valence electrons. The van der Waals surface area contributed by atoms with Crippen LogP contribution in [0.15, 0.2) is 0 Å². The third kappa shape index (κ3) is 1.74. The van der Waals surface area contributed by atoms with E-state index in [4.69, 9.17) is 0 Å². The molecular weight excluding hydrogens is 180 g/mol. The number of carbonyl (C=O) groups excluding carboxylic acids is 2. The van der Waals surface area contributed by atoms with Gasteiger partial charge in [-0.05, 0) is 25.7 Å². The van der Waals surface area contributed by atoms with Crippen LogP contribution >= 0.6 is 0 Å². The van der Waals surface area contributed by atoms with E-state index < -0.39 is 0 Å². The minimum atomic E-state index is -0.288. The number of carbonyl (C=O) groups is 2. The summed E-state index contributed by atoms with van der Waals surface area (Å²) in [4.78, 5) is 26.7. The van der Waals surface area contributed by atoms with Crippen LogP contribution < -0.4 is 0 Å². The maximum absolute atomic E-state index is 11.7. The van der Waals surface area contributed by atoms with Crippen LogP contribution in [0.4, 0.5) is 0 Å². The van der Waals surface area contributed by atoms with E-state index >= 15 is 0 Å². The predicted octanol–water partition coefficient (Wildman–Crippen LogP) is 0.231. The van der Waals surface area contributed by atoms with Crippen molar-refractivity contribution in [3.8, 4) is 0 Å². The van der Waals surface area contributed by atoms with Crippen molar-refractivity contribution in [3.63, 3.8) is 0 Å². The van der Waals surface area contributed by atoms with E-state index in [2.05, 4.69) is 0 Å². The first-order valence-corrected chi connectivity index (χ1v) is 5.37. The van der Waals surface area contributed by atoms with Gasteiger partial charge in [-0.1, -0.05) is 0 Å². The van der Waals surface area contributed by atoms with Gasteiger partial charge >= 0.3 is 11.8 Å². The fourth-order valence-electron chi connectivity index (χ4n) is 2.11. The summed E-state index contributed by atoms with van der Waals surface area (Å²) in [7, 11) is 0. The van der Waals surface area contributed by atoms with Gasteiger partial charge < -0.3 is 9.80 Å².